The first kappa shape index (κ1) is 15.4. The van der Waals surface area contributed by atoms with Crippen LogP contribution in [0.4, 0.5) is 0 Å². The highest BCUT2D eigenvalue weighted by atomic mass is 16.5. The number of benzene rings is 1. The average molecular weight is 313 g/mol. The van der Waals surface area contributed by atoms with Crippen molar-refractivity contribution in [2.24, 2.45) is 0 Å². The summed E-state index contributed by atoms with van der Waals surface area (Å²) in [4.78, 5) is 22.4. The van der Waals surface area contributed by atoms with Gasteiger partial charge in [0.15, 0.2) is 0 Å². The van der Waals surface area contributed by atoms with Gasteiger partial charge in [0.2, 0.25) is 5.88 Å². The van der Waals surface area contributed by atoms with E-state index in [1.165, 1.54) is 6.33 Å². The quantitative estimate of drug-likeness (QED) is 0.866. The number of amides is 1. The van der Waals surface area contributed by atoms with Crippen LogP contribution in [0.1, 0.15) is 29.9 Å². The lowest BCUT2D eigenvalue weighted by atomic mass is 10.1. The first-order valence-electron chi connectivity index (χ1n) is 7.45. The van der Waals surface area contributed by atoms with Gasteiger partial charge in [-0.2, -0.15) is 0 Å². The molecule has 1 amide bonds. The lowest BCUT2D eigenvalue weighted by Crippen LogP contribution is -2.44. The largest absolute Gasteiger partial charge is 0.473 e. The molecule has 1 fully saturated rings. The van der Waals surface area contributed by atoms with Crippen molar-refractivity contribution in [1.82, 2.24) is 14.9 Å². The van der Waals surface area contributed by atoms with Gasteiger partial charge in [-0.15, -0.1) is 0 Å². The van der Waals surface area contributed by atoms with Gasteiger partial charge in [0, 0.05) is 6.07 Å². The van der Waals surface area contributed by atoms with E-state index in [0.717, 1.165) is 5.56 Å². The molecule has 1 aromatic carbocycles. The Labute approximate surface area is 135 Å². The minimum absolute atomic E-state index is 0.181. The van der Waals surface area contributed by atoms with Crippen molar-refractivity contribution in [3.8, 4) is 5.88 Å². The highest BCUT2D eigenvalue weighted by molar-refractivity contribution is 5.93. The monoisotopic (exact) mass is 313 g/mol. The molecule has 2 aromatic rings. The van der Waals surface area contributed by atoms with E-state index >= 15 is 0 Å². The number of nitrogens with zero attached hydrogens (tertiary/aromatic N) is 3. The van der Waals surface area contributed by atoms with E-state index in [9.17, 15) is 4.79 Å². The number of rotatable bonds is 4. The van der Waals surface area contributed by atoms with Gasteiger partial charge in [-0.25, -0.2) is 9.97 Å². The van der Waals surface area contributed by atoms with E-state index in [0.29, 0.717) is 24.8 Å². The van der Waals surface area contributed by atoms with Crippen LogP contribution in [0.25, 0.3) is 0 Å². The minimum atomic E-state index is -0.340. The standard InChI is InChI=1S/C17H19N3O3/c1-17(2)10-22-12-20(17)16(21)14-8-15(19-11-18-14)23-9-13-6-4-3-5-7-13/h3-8,11H,9-10,12H2,1-2H3. The van der Waals surface area contributed by atoms with Crippen LogP contribution in [0.15, 0.2) is 42.7 Å². The van der Waals surface area contributed by atoms with Gasteiger partial charge in [0.1, 0.15) is 25.4 Å². The Hall–Kier alpha value is -2.47. The molecular weight excluding hydrogens is 294 g/mol. The molecule has 3 rings (SSSR count). The minimum Gasteiger partial charge on any atom is -0.473 e. The third-order valence-electron chi connectivity index (χ3n) is 3.74. The Morgan fingerprint density at radius 3 is 2.78 bits per heavy atom. The van der Waals surface area contributed by atoms with Crippen molar-refractivity contribution >= 4 is 5.91 Å². The second-order valence-corrected chi connectivity index (χ2v) is 6.04. The van der Waals surface area contributed by atoms with Crippen LogP contribution in [0, 0.1) is 0 Å². The van der Waals surface area contributed by atoms with E-state index in [1.807, 2.05) is 44.2 Å². The van der Waals surface area contributed by atoms with Crippen molar-refractivity contribution in [1.29, 1.82) is 0 Å². The molecule has 0 saturated carbocycles. The zero-order valence-electron chi connectivity index (χ0n) is 13.2. The van der Waals surface area contributed by atoms with Crippen LogP contribution >= 0.6 is 0 Å². The Kier molecular flexibility index (Phi) is 4.25. The molecule has 2 heterocycles. The summed E-state index contributed by atoms with van der Waals surface area (Å²) in [5, 5.41) is 0. The number of carbonyl (C=O) groups is 1. The molecule has 0 unspecified atom stereocenters. The van der Waals surface area contributed by atoms with E-state index in [4.69, 9.17) is 9.47 Å². The molecule has 120 valence electrons. The summed E-state index contributed by atoms with van der Waals surface area (Å²) in [5.41, 5.74) is 1.00. The maximum Gasteiger partial charge on any atom is 0.275 e. The van der Waals surface area contributed by atoms with Crippen LogP contribution in [0.3, 0.4) is 0 Å². The molecule has 0 N–H and O–H groups in total. The first-order valence-corrected chi connectivity index (χ1v) is 7.45. The third kappa shape index (κ3) is 3.48. The highest BCUT2D eigenvalue weighted by Gasteiger charge is 2.37. The van der Waals surface area contributed by atoms with Gasteiger partial charge in [-0.1, -0.05) is 30.3 Å². The second-order valence-electron chi connectivity index (χ2n) is 6.04. The molecule has 0 radical (unpaired) electrons. The number of hydrogen-bond donors (Lipinski definition) is 0. The lowest BCUT2D eigenvalue weighted by molar-refractivity contribution is 0.0598. The Morgan fingerprint density at radius 2 is 2.09 bits per heavy atom. The summed E-state index contributed by atoms with van der Waals surface area (Å²) >= 11 is 0. The molecule has 0 bridgehead atoms. The predicted octanol–water partition coefficient (Wildman–Crippen LogP) is 2.26. The topological polar surface area (TPSA) is 64.5 Å². The SMILES string of the molecule is CC1(C)COCN1C(=O)c1cc(OCc2ccccc2)ncn1. The molecule has 0 atom stereocenters. The Bertz CT molecular complexity index is 688. The summed E-state index contributed by atoms with van der Waals surface area (Å²) in [6.45, 7) is 5.11. The molecule has 0 aliphatic carbocycles. The fourth-order valence-corrected chi connectivity index (χ4v) is 2.38. The van der Waals surface area contributed by atoms with Gasteiger partial charge in [0.25, 0.3) is 5.91 Å². The molecule has 1 aromatic heterocycles. The van der Waals surface area contributed by atoms with Crippen molar-refractivity contribution in [3.05, 3.63) is 54.0 Å². The van der Waals surface area contributed by atoms with Crippen molar-refractivity contribution in [3.63, 3.8) is 0 Å². The maximum absolute atomic E-state index is 12.6. The molecule has 1 aliphatic rings. The van der Waals surface area contributed by atoms with E-state index in [2.05, 4.69) is 9.97 Å². The fraction of sp³-hybridized carbons (Fsp3) is 0.353. The summed E-state index contributed by atoms with van der Waals surface area (Å²) in [7, 11) is 0. The zero-order chi connectivity index (χ0) is 16.3. The summed E-state index contributed by atoms with van der Waals surface area (Å²) in [6.07, 6.45) is 1.34. The normalized spacial score (nSPS) is 16.3. The number of ether oxygens (including phenoxy) is 2. The number of hydrogen-bond acceptors (Lipinski definition) is 5. The average Bonchev–Trinajstić information content (AvgIpc) is 2.93. The maximum atomic E-state index is 12.6. The highest BCUT2D eigenvalue weighted by Crippen LogP contribution is 2.24. The molecule has 0 spiro atoms. The van der Waals surface area contributed by atoms with Crippen LogP contribution in [0.2, 0.25) is 0 Å². The third-order valence-corrected chi connectivity index (χ3v) is 3.74. The summed E-state index contributed by atoms with van der Waals surface area (Å²) in [6, 6.07) is 11.4. The van der Waals surface area contributed by atoms with Crippen LogP contribution in [-0.4, -0.2) is 39.7 Å². The Morgan fingerprint density at radius 1 is 1.30 bits per heavy atom. The van der Waals surface area contributed by atoms with Gasteiger partial charge < -0.3 is 14.4 Å². The molecule has 23 heavy (non-hydrogen) atoms. The second kappa shape index (κ2) is 6.34. The summed E-state index contributed by atoms with van der Waals surface area (Å²) in [5.74, 6) is 0.199. The molecular formula is C17H19N3O3. The number of aromatic nitrogens is 2. The summed E-state index contributed by atoms with van der Waals surface area (Å²) < 4.78 is 11.0. The van der Waals surface area contributed by atoms with Crippen LogP contribution in [-0.2, 0) is 11.3 Å². The molecule has 6 nitrogen and oxygen atoms in total. The van der Waals surface area contributed by atoms with Gasteiger partial charge in [-0.3, -0.25) is 4.79 Å². The van der Waals surface area contributed by atoms with E-state index in [1.54, 1.807) is 11.0 Å². The van der Waals surface area contributed by atoms with E-state index < -0.39 is 0 Å². The Balaban J connectivity index is 1.71. The van der Waals surface area contributed by atoms with Crippen molar-refractivity contribution < 1.29 is 14.3 Å². The molecule has 1 aliphatic heterocycles. The van der Waals surface area contributed by atoms with Crippen molar-refractivity contribution in [2.75, 3.05) is 13.3 Å². The van der Waals surface area contributed by atoms with Crippen LogP contribution < -0.4 is 4.74 Å². The first-order chi connectivity index (χ1) is 11.1. The van der Waals surface area contributed by atoms with Gasteiger partial charge in [-0.05, 0) is 19.4 Å². The van der Waals surface area contributed by atoms with Crippen molar-refractivity contribution in [2.45, 2.75) is 26.0 Å². The zero-order valence-corrected chi connectivity index (χ0v) is 13.2. The predicted molar refractivity (Wildman–Crippen MR) is 83.9 cm³/mol. The van der Waals surface area contributed by atoms with E-state index in [-0.39, 0.29) is 18.2 Å². The fourth-order valence-electron chi connectivity index (χ4n) is 2.38. The molecule has 1 saturated heterocycles. The van der Waals surface area contributed by atoms with Gasteiger partial charge in [0.05, 0.1) is 12.1 Å². The van der Waals surface area contributed by atoms with Crippen LogP contribution in [0.5, 0.6) is 5.88 Å². The van der Waals surface area contributed by atoms with Gasteiger partial charge >= 0.3 is 0 Å². The smallest absolute Gasteiger partial charge is 0.275 e. The lowest BCUT2D eigenvalue weighted by Gasteiger charge is -2.28. The number of carbonyl (C=O) groups excluding carboxylic acids is 1. The molecule has 6 heteroatoms.